The molecule has 23 heavy (non-hydrogen) atoms. The van der Waals surface area contributed by atoms with Gasteiger partial charge in [0.05, 0.1) is 0 Å². The first-order chi connectivity index (χ1) is 10.3. The molecule has 0 saturated carbocycles. The summed E-state index contributed by atoms with van der Waals surface area (Å²) in [5.41, 5.74) is 3.45. The molecule has 0 amide bonds. The molecule has 0 radical (unpaired) electrons. The highest BCUT2D eigenvalue weighted by Gasteiger charge is 2.21. The molecule has 0 aromatic heterocycles. The molecule has 0 fully saturated rings. The molecule has 128 valence electrons. The molecule has 0 aliphatic rings. The minimum Gasteiger partial charge on any atom is -0.687 e. The maximum atomic E-state index is 5.11. The van der Waals surface area contributed by atoms with Crippen LogP contribution < -0.4 is 0 Å². The van der Waals surface area contributed by atoms with Gasteiger partial charge in [-0.1, -0.05) is 76.8 Å². The summed E-state index contributed by atoms with van der Waals surface area (Å²) >= 11 is 0. The third-order valence-electron chi connectivity index (χ3n) is 3.02. The van der Waals surface area contributed by atoms with E-state index in [2.05, 4.69) is 96.5 Å². The monoisotopic (exact) mass is 345 g/mol. The van der Waals surface area contributed by atoms with E-state index in [-0.39, 0.29) is 5.41 Å². The van der Waals surface area contributed by atoms with Crippen molar-refractivity contribution in [2.24, 2.45) is 10.1 Å². The van der Waals surface area contributed by atoms with E-state index in [4.69, 9.17) is 9.64 Å². The first-order valence-electron chi connectivity index (χ1n) is 8.38. The van der Waals surface area contributed by atoms with Gasteiger partial charge in [0, 0.05) is 11.1 Å². The Morgan fingerprint density at radius 3 is 1.87 bits per heavy atom. The Bertz CT molecular complexity index is 568. The fraction of sp³-hybridized carbons (Fsp3) is 0.526. The van der Waals surface area contributed by atoms with Crippen molar-refractivity contribution in [3.05, 3.63) is 47.0 Å². The van der Waals surface area contributed by atoms with E-state index in [0.29, 0.717) is 0 Å². The Kier molecular flexibility index (Phi) is 6.21. The minimum absolute atomic E-state index is 0.0231. The van der Waals surface area contributed by atoms with Crippen LogP contribution in [-0.2, 0) is 0 Å². The fourth-order valence-corrected chi connectivity index (χ4v) is 4.10. The van der Waals surface area contributed by atoms with Crippen LogP contribution in [0.3, 0.4) is 0 Å². The maximum absolute atomic E-state index is 5.11. The van der Waals surface area contributed by atoms with Crippen molar-refractivity contribution in [1.29, 1.82) is 0 Å². The van der Waals surface area contributed by atoms with Crippen molar-refractivity contribution in [2.45, 2.75) is 60.1 Å². The van der Waals surface area contributed by atoms with Crippen LogP contribution in [0.15, 0.2) is 41.1 Å². The Morgan fingerprint density at radius 2 is 1.48 bits per heavy atom. The summed E-state index contributed by atoms with van der Waals surface area (Å²) in [5.74, 6) is 0. The molecular formula is C19H33N2Si2-. The van der Waals surface area contributed by atoms with Crippen molar-refractivity contribution in [3.8, 4) is 0 Å². The third-order valence-corrected chi connectivity index (χ3v) is 4.85. The molecule has 0 saturated heterocycles. The first kappa shape index (κ1) is 19.9. The lowest BCUT2D eigenvalue weighted by atomic mass is 9.89. The molecule has 1 rings (SSSR count). The summed E-state index contributed by atoms with van der Waals surface area (Å²) in [6.45, 7) is 20.4. The van der Waals surface area contributed by atoms with Crippen LogP contribution >= 0.6 is 0 Å². The predicted molar refractivity (Wildman–Crippen MR) is 111 cm³/mol. The highest BCUT2D eigenvalue weighted by molar-refractivity contribution is 6.82. The second-order valence-electron chi connectivity index (χ2n) is 9.10. The van der Waals surface area contributed by atoms with Crippen LogP contribution in [-0.4, -0.2) is 22.2 Å². The summed E-state index contributed by atoms with van der Waals surface area (Å²) in [4.78, 5) is 5.10. The molecule has 0 atom stereocenters. The van der Waals surface area contributed by atoms with Gasteiger partial charge in [0.15, 0.2) is 8.24 Å². The standard InChI is InChI=1S/C19H33N2Si2/c1-19(2,3)18(21-23(7,8)9)15-17(20-22(4,5)6)16-13-11-10-12-14-16/h10-15H,1-9H3/q-1/b17-15-,21-18+. The summed E-state index contributed by atoms with van der Waals surface area (Å²) in [6, 6.07) is 10.5. The van der Waals surface area contributed by atoms with Gasteiger partial charge in [-0.2, -0.15) is 0 Å². The lowest BCUT2D eigenvalue weighted by molar-refractivity contribution is 0.595. The summed E-state index contributed by atoms with van der Waals surface area (Å²) in [6.07, 6.45) is 2.23. The van der Waals surface area contributed by atoms with Crippen molar-refractivity contribution in [2.75, 3.05) is 0 Å². The van der Waals surface area contributed by atoms with E-state index in [0.717, 1.165) is 11.4 Å². The zero-order chi connectivity index (χ0) is 17.9. The second kappa shape index (κ2) is 7.18. The molecule has 2 nitrogen and oxygen atoms in total. The molecule has 0 bridgehead atoms. The van der Waals surface area contributed by atoms with E-state index in [9.17, 15) is 0 Å². The van der Waals surface area contributed by atoms with Crippen LogP contribution in [0.4, 0.5) is 0 Å². The zero-order valence-electron chi connectivity index (χ0n) is 16.4. The number of rotatable bonds is 5. The summed E-state index contributed by atoms with van der Waals surface area (Å²) < 4.78 is 5.11. The first-order valence-corrected chi connectivity index (χ1v) is 15.3. The number of allylic oxidation sites excluding steroid dienone is 1. The normalized spacial score (nSPS) is 14.8. The van der Waals surface area contributed by atoms with Gasteiger partial charge in [0.2, 0.25) is 0 Å². The molecule has 0 heterocycles. The number of benzene rings is 1. The van der Waals surface area contributed by atoms with E-state index in [1.807, 2.05) is 0 Å². The van der Waals surface area contributed by atoms with Gasteiger partial charge in [-0.15, -0.1) is 5.70 Å². The Morgan fingerprint density at radius 1 is 0.957 bits per heavy atom. The second-order valence-corrected chi connectivity index (χ2v) is 18.2. The average molecular weight is 346 g/mol. The van der Waals surface area contributed by atoms with Gasteiger partial charge < -0.3 is 9.64 Å². The molecule has 1 aromatic rings. The van der Waals surface area contributed by atoms with E-state index >= 15 is 0 Å². The Labute approximate surface area is 145 Å². The van der Waals surface area contributed by atoms with Gasteiger partial charge in [-0.25, -0.2) is 0 Å². The number of nitrogens with zero attached hydrogens (tertiary/aromatic N) is 2. The van der Waals surface area contributed by atoms with Gasteiger partial charge in [-0.05, 0) is 33.4 Å². The average Bonchev–Trinajstić information content (AvgIpc) is 2.34. The van der Waals surface area contributed by atoms with Crippen LogP contribution in [0.2, 0.25) is 39.3 Å². The predicted octanol–water partition coefficient (Wildman–Crippen LogP) is 6.56. The molecule has 0 spiro atoms. The largest absolute Gasteiger partial charge is 0.687 e. The van der Waals surface area contributed by atoms with Crippen LogP contribution in [0, 0.1) is 5.41 Å². The summed E-state index contributed by atoms with van der Waals surface area (Å²) in [5, 5.41) is 0. The van der Waals surface area contributed by atoms with Crippen LogP contribution in [0.5, 0.6) is 0 Å². The van der Waals surface area contributed by atoms with E-state index in [1.54, 1.807) is 0 Å². The fourth-order valence-electron chi connectivity index (χ4n) is 2.06. The lowest BCUT2D eigenvalue weighted by Crippen LogP contribution is -2.27. The molecular weight excluding hydrogens is 312 g/mol. The quantitative estimate of drug-likeness (QED) is 0.427. The smallest absolute Gasteiger partial charge is 0.172 e. The van der Waals surface area contributed by atoms with E-state index in [1.165, 1.54) is 5.56 Å². The molecule has 4 heteroatoms. The van der Waals surface area contributed by atoms with Crippen molar-refractivity contribution in [3.63, 3.8) is 0 Å². The highest BCUT2D eigenvalue weighted by atomic mass is 28.3. The summed E-state index contributed by atoms with van der Waals surface area (Å²) in [7, 11) is -3.12. The van der Waals surface area contributed by atoms with Gasteiger partial charge >= 0.3 is 0 Å². The zero-order valence-corrected chi connectivity index (χ0v) is 18.4. The molecule has 0 aliphatic heterocycles. The van der Waals surface area contributed by atoms with Crippen molar-refractivity contribution in [1.82, 2.24) is 0 Å². The van der Waals surface area contributed by atoms with E-state index < -0.39 is 16.5 Å². The molecule has 0 N–H and O–H groups in total. The van der Waals surface area contributed by atoms with Crippen LogP contribution in [0.25, 0.3) is 10.7 Å². The number of hydrogen-bond donors (Lipinski definition) is 0. The molecule has 1 aromatic carbocycles. The number of hydrogen-bond acceptors (Lipinski definition) is 1. The van der Waals surface area contributed by atoms with Crippen LogP contribution in [0.1, 0.15) is 26.3 Å². The molecule has 0 aliphatic carbocycles. The minimum atomic E-state index is -1.57. The third kappa shape index (κ3) is 7.79. The topological polar surface area (TPSA) is 26.5 Å². The van der Waals surface area contributed by atoms with Gasteiger partial charge in [0.25, 0.3) is 0 Å². The lowest BCUT2D eigenvalue weighted by Gasteiger charge is -2.39. The van der Waals surface area contributed by atoms with Gasteiger partial charge in [-0.3, -0.25) is 0 Å². The van der Waals surface area contributed by atoms with Gasteiger partial charge in [0.1, 0.15) is 0 Å². The highest BCUT2D eigenvalue weighted by Crippen LogP contribution is 2.30. The van der Waals surface area contributed by atoms with Crippen molar-refractivity contribution < 1.29 is 0 Å². The SMILES string of the molecule is CC(C)(C)C(/C=C(\[N-][Si](C)(C)C)c1ccccc1)=N/[Si](C)(C)C. The molecule has 0 unspecified atom stereocenters. The maximum Gasteiger partial charge on any atom is 0.172 e. The Balaban J connectivity index is 3.43. The van der Waals surface area contributed by atoms with Crippen molar-refractivity contribution >= 4 is 27.9 Å². The Hall–Kier alpha value is -1.14.